The molecule has 5 saturated heterocycles. The van der Waals surface area contributed by atoms with E-state index in [4.69, 9.17) is 51.6 Å². The minimum Gasteiger partial charge on any atom is -0.726 e. The fourth-order valence-corrected chi connectivity index (χ4v) is 16.0. The predicted octanol–water partition coefficient (Wildman–Crippen LogP) is -5.27. The van der Waals surface area contributed by atoms with Crippen molar-refractivity contribution in [2.24, 2.45) is 34.5 Å². The van der Waals surface area contributed by atoms with Gasteiger partial charge in [0, 0.05) is 0 Å². The number of hydrogen-bond donors (Lipinski definition) is 13. The van der Waals surface area contributed by atoms with Crippen LogP contribution in [0.5, 0.6) is 0 Å². The maximum Gasteiger partial charge on any atom is 1.00 e. The van der Waals surface area contributed by atoms with Crippen LogP contribution >= 0.6 is 0 Å². The molecule has 27 nitrogen and oxygen atoms in total. The van der Waals surface area contributed by atoms with Crippen LogP contribution in [0, 0.1) is 34.5 Å². The molecule has 484 valence electrons. The van der Waals surface area contributed by atoms with Crippen LogP contribution in [-0.2, 0) is 62.0 Å². The van der Waals surface area contributed by atoms with Crippen molar-refractivity contribution in [1.82, 2.24) is 0 Å². The van der Waals surface area contributed by atoms with Crippen LogP contribution in [0.3, 0.4) is 0 Å². The molecule has 5 aliphatic heterocycles. The van der Waals surface area contributed by atoms with E-state index >= 15 is 0 Å². The van der Waals surface area contributed by atoms with Crippen LogP contribution in [0.15, 0.2) is 23.3 Å². The molecule has 0 amide bonds. The Bertz CT molecular complexity index is 2410. The molecule has 5 heterocycles. The summed E-state index contributed by atoms with van der Waals surface area (Å²) >= 11 is 0. The van der Waals surface area contributed by atoms with Gasteiger partial charge in [0.05, 0.1) is 49.3 Å². The largest absolute Gasteiger partial charge is 1.00 e. The second kappa shape index (κ2) is 27.6. The molecule has 0 aromatic rings. The third-order valence-electron chi connectivity index (χ3n) is 20.3. The van der Waals surface area contributed by atoms with Gasteiger partial charge in [0.15, 0.2) is 31.5 Å². The van der Waals surface area contributed by atoms with Gasteiger partial charge in [0.25, 0.3) is 0 Å². The van der Waals surface area contributed by atoms with Crippen molar-refractivity contribution in [3.8, 4) is 0 Å². The van der Waals surface area contributed by atoms with Gasteiger partial charge in [-0.15, -0.1) is 0 Å². The normalized spacial score (nSPS) is 51.0. The minimum absolute atomic E-state index is 0. The molecule has 0 radical (unpaired) electrons. The Hall–Kier alpha value is -0.570. The SMILES string of the molecule is CC(C)=CCC[C@](C)(O)[C@H]1CC[C@H]2[C@@H]3C[C@H](O[C@@H]4O[C@H](C)[C@@H](O)[C@H](O[C@@H]5OC[C@@H](O[C@@H]6O[C@H](CO)[C@@H](O)[C@H](O)[C@H]6O[C@@H]6O[C@H](C)[C@@H](O)[C@H](O)[C@H]6O)[C@H](O)[C@H]5O[C@@H]5O[C@H](C)[C@@H](O)[C@H](O)[C@H]5O)[C@H]4O)[C@H]4C[C@@H](OS(=O)(=O)[O-])CC[C@]4(C)C3=CC[C@@]21C.[Na+]. The number of aliphatic hydroxyl groups is 13. The summed E-state index contributed by atoms with van der Waals surface area (Å²) in [5.41, 5.74) is 0.447. The second-order valence-corrected chi connectivity index (χ2v) is 27.2. The first kappa shape index (κ1) is 70.3. The Balaban J connectivity index is 0.00000940. The smallest absolute Gasteiger partial charge is 0.726 e. The van der Waals surface area contributed by atoms with E-state index in [0.717, 1.165) is 19.3 Å². The molecule has 29 heteroatoms. The van der Waals surface area contributed by atoms with Crippen LogP contribution in [-0.4, -0.2) is 258 Å². The molecule has 8 fully saturated rings. The molecular weight excluding hydrogens is 1160 g/mol. The number of fused-ring (bicyclic) bond motifs is 5. The Labute approximate surface area is 517 Å². The van der Waals surface area contributed by atoms with E-state index in [-0.39, 0.29) is 65.6 Å². The molecule has 0 spiro atoms. The van der Waals surface area contributed by atoms with E-state index < -0.39 is 200 Å². The summed E-state index contributed by atoms with van der Waals surface area (Å²) in [6, 6.07) is 0. The third kappa shape index (κ3) is 14.2. The maximum absolute atomic E-state index is 12.4. The van der Waals surface area contributed by atoms with Gasteiger partial charge in [0.2, 0.25) is 10.4 Å². The molecule has 33 atom stereocenters. The molecule has 0 unspecified atom stereocenters. The van der Waals surface area contributed by atoms with Crippen LogP contribution in [0.2, 0.25) is 0 Å². The average Bonchev–Trinajstić information content (AvgIpc) is 1.74. The molecule has 9 aliphatic rings. The Morgan fingerprint density at radius 2 is 1.21 bits per heavy atom. The first-order chi connectivity index (χ1) is 39.3. The van der Waals surface area contributed by atoms with Gasteiger partial charge in [-0.2, -0.15) is 0 Å². The van der Waals surface area contributed by atoms with Crippen LogP contribution in [0.4, 0.5) is 0 Å². The fraction of sp³-hybridized carbons (Fsp3) is 0.929. The fourth-order valence-electron chi connectivity index (χ4n) is 15.5. The van der Waals surface area contributed by atoms with Crippen LogP contribution in [0.25, 0.3) is 0 Å². The van der Waals surface area contributed by atoms with E-state index in [2.05, 4.69) is 26.0 Å². The summed E-state index contributed by atoms with van der Waals surface area (Å²) in [5, 5.41) is 145. The summed E-state index contributed by atoms with van der Waals surface area (Å²) in [5.74, 6) is -0.528. The van der Waals surface area contributed by atoms with Crippen LogP contribution in [0.1, 0.15) is 113 Å². The minimum atomic E-state index is -5.11. The average molecular weight is 1250 g/mol. The zero-order chi connectivity index (χ0) is 61.4. The van der Waals surface area contributed by atoms with Gasteiger partial charge in [0.1, 0.15) is 97.7 Å². The third-order valence-corrected chi connectivity index (χ3v) is 20.8. The zero-order valence-electron chi connectivity index (χ0n) is 49.7. The zero-order valence-corrected chi connectivity index (χ0v) is 52.5. The van der Waals surface area contributed by atoms with Gasteiger partial charge < -0.3 is 118 Å². The van der Waals surface area contributed by atoms with E-state index in [1.807, 2.05) is 20.8 Å². The molecule has 0 aromatic heterocycles. The topological polar surface area (TPSA) is 422 Å². The maximum atomic E-state index is 12.4. The molecule has 4 aliphatic carbocycles. The van der Waals surface area contributed by atoms with Crippen molar-refractivity contribution >= 4 is 10.4 Å². The summed E-state index contributed by atoms with van der Waals surface area (Å²) in [7, 11) is -5.11. The van der Waals surface area contributed by atoms with Gasteiger partial charge in [-0.1, -0.05) is 37.1 Å². The molecule has 0 bridgehead atoms. The van der Waals surface area contributed by atoms with E-state index in [9.17, 15) is 79.4 Å². The van der Waals surface area contributed by atoms with E-state index in [0.29, 0.717) is 25.7 Å². The Kier molecular flexibility index (Phi) is 22.8. The van der Waals surface area contributed by atoms with Crippen molar-refractivity contribution in [3.63, 3.8) is 0 Å². The second-order valence-electron chi connectivity index (χ2n) is 26.2. The van der Waals surface area contributed by atoms with E-state index in [1.54, 1.807) is 0 Å². The van der Waals surface area contributed by atoms with Crippen molar-refractivity contribution in [2.75, 3.05) is 13.2 Å². The Morgan fingerprint density at radius 1 is 0.659 bits per heavy atom. The van der Waals surface area contributed by atoms with Gasteiger partial charge >= 0.3 is 29.6 Å². The van der Waals surface area contributed by atoms with Crippen molar-refractivity contribution < 1.29 is 160 Å². The van der Waals surface area contributed by atoms with Crippen molar-refractivity contribution in [1.29, 1.82) is 0 Å². The van der Waals surface area contributed by atoms with Gasteiger partial charge in [-0.3, -0.25) is 4.18 Å². The number of allylic oxidation sites excluding steroid dienone is 4. The van der Waals surface area contributed by atoms with Crippen LogP contribution < -0.4 is 29.6 Å². The molecule has 13 N–H and O–H groups in total. The van der Waals surface area contributed by atoms with Gasteiger partial charge in [-0.05, 0) is 134 Å². The standard InChI is InChI=1S/C56H92O27S.Na/c1-22(2)10-9-15-56(8,69)34-12-11-28-27-19-31(30-18-26(83-84(70,71)72)13-16-54(30,6)29(27)14-17-55(28,34)7)77-51-45(68)46(37(60)25(5)76-51)80-52-47(81-49-43(66)40(63)35(58)23(3)74-49)39(62)33(21-73-52)79-53-48(42(65)38(61)32(20-57)78-53)82-50-44(67)41(64)36(59)24(4)75-50;/h10,14,23-28,30-53,57-69H,9,11-13,15-21H2,1-8H3,(H,70,71,72);/q;+1/p-1/t23-,24-,25-,26+,27+,28+,30-,31+,32-,33-,34+,35-,36-,37-,38-,39+,40+,41+,42+,43-,44-,45-,46+,47-,48-,49+,50+,51+,52+,53+,54-,55+,56+;/m1./s1. The summed E-state index contributed by atoms with van der Waals surface area (Å²) in [6.07, 6.45) is -33.4. The summed E-state index contributed by atoms with van der Waals surface area (Å²) in [4.78, 5) is 0. The van der Waals surface area contributed by atoms with E-state index in [1.165, 1.54) is 31.9 Å². The van der Waals surface area contributed by atoms with Gasteiger partial charge in [-0.25, -0.2) is 8.42 Å². The summed E-state index contributed by atoms with van der Waals surface area (Å²) < 4.78 is 102. The van der Waals surface area contributed by atoms with Crippen molar-refractivity contribution in [2.45, 2.75) is 278 Å². The monoisotopic (exact) mass is 1250 g/mol. The number of hydrogen-bond acceptors (Lipinski definition) is 27. The first-order valence-corrected chi connectivity index (χ1v) is 30.9. The molecular formula is C56H91NaO27S. The first-order valence-electron chi connectivity index (χ1n) is 29.6. The number of ether oxygens (including phenoxy) is 10. The summed E-state index contributed by atoms with van der Waals surface area (Å²) in [6.45, 7) is 13.0. The number of rotatable bonds is 17. The molecule has 0 aromatic carbocycles. The molecule has 9 rings (SSSR count). The predicted molar refractivity (Wildman–Crippen MR) is 283 cm³/mol. The Morgan fingerprint density at radius 3 is 1.79 bits per heavy atom. The quantitative estimate of drug-likeness (QED) is 0.0280. The van der Waals surface area contributed by atoms with Crippen molar-refractivity contribution in [3.05, 3.63) is 23.3 Å². The molecule has 85 heavy (non-hydrogen) atoms. The molecule has 3 saturated carbocycles. The number of aliphatic hydroxyl groups excluding tert-OH is 12.